The van der Waals surface area contributed by atoms with Crippen LogP contribution in [-0.4, -0.2) is 9.55 Å². The maximum absolute atomic E-state index is 13.3. The summed E-state index contributed by atoms with van der Waals surface area (Å²) in [6.45, 7) is 2.07. The van der Waals surface area contributed by atoms with Crippen LogP contribution in [0.15, 0.2) is 22.7 Å². The van der Waals surface area contributed by atoms with Crippen molar-refractivity contribution < 1.29 is 4.39 Å². The second kappa shape index (κ2) is 4.63. The van der Waals surface area contributed by atoms with Crippen LogP contribution in [0.25, 0.3) is 11.3 Å². The molecule has 1 saturated carbocycles. The molecule has 2 aromatic rings. The Hall–Kier alpha value is -1.36. The third-order valence-corrected chi connectivity index (χ3v) is 4.05. The molecule has 1 heterocycles. The van der Waals surface area contributed by atoms with E-state index in [4.69, 9.17) is 5.73 Å². The molecule has 0 amide bonds. The minimum atomic E-state index is -0.278. The Kier molecular flexibility index (Phi) is 3.09. The van der Waals surface area contributed by atoms with Crippen LogP contribution < -0.4 is 5.73 Å². The Morgan fingerprint density at radius 3 is 2.79 bits per heavy atom. The van der Waals surface area contributed by atoms with Gasteiger partial charge < -0.3 is 10.3 Å². The second-order valence-corrected chi connectivity index (χ2v) is 5.70. The summed E-state index contributed by atoms with van der Waals surface area (Å²) in [6.07, 6.45) is 3.18. The van der Waals surface area contributed by atoms with Crippen LogP contribution in [0.4, 0.5) is 10.2 Å². The minimum absolute atomic E-state index is 0.278. The Bertz CT molecular complexity index is 632. The molecule has 0 bridgehead atoms. The van der Waals surface area contributed by atoms with Crippen molar-refractivity contribution in [3.63, 3.8) is 0 Å². The molecule has 0 saturated heterocycles. The molecule has 0 aliphatic heterocycles. The lowest BCUT2D eigenvalue weighted by atomic mass is 10.1. The molecule has 1 aliphatic carbocycles. The van der Waals surface area contributed by atoms with Gasteiger partial charge in [0, 0.05) is 18.0 Å². The zero-order valence-electron chi connectivity index (χ0n) is 10.7. The molecule has 1 aliphatic rings. The molecule has 0 unspecified atom stereocenters. The van der Waals surface area contributed by atoms with Crippen LogP contribution in [0.2, 0.25) is 0 Å². The van der Waals surface area contributed by atoms with Gasteiger partial charge in [-0.2, -0.15) is 0 Å². The molecule has 3 nitrogen and oxygen atoms in total. The number of aromatic nitrogens is 2. The molecule has 19 heavy (non-hydrogen) atoms. The van der Waals surface area contributed by atoms with Crippen molar-refractivity contribution in [3.8, 4) is 11.3 Å². The van der Waals surface area contributed by atoms with Gasteiger partial charge in [-0.05, 0) is 47.0 Å². The summed E-state index contributed by atoms with van der Waals surface area (Å²) in [6, 6.07) is 5.38. The predicted molar refractivity (Wildman–Crippen MR) is 77.4 cm³/mol. The van der Waals surface area contributed by atoms with E-state index in [0.717, 1.165) is 23.5 Å². The highest BCUT2D eigenvalue weighted by atomic mass is 79.9. The maximum atomic E-state index is 13.3. The summed E-state index contributed by atoms with van der Waals surface area (Å²) in [5.74, 6) is 1.42. The number of rotatable bonds is 3. The number of nitrogen functional groups attached to an aromatic ring is 1. The molecule has 2 N–H and O–H groups in total. The fraction of sp³-hybridized carbons (Fsp3) is 0.357. The fourth-order valence-electron chi connectivity index (χ4n) is 2.34. The van der Waals surface area contributed by atoms with Crippen LogP contribution in [0.5, 0.6) is 0 Å². The molecular weight excluding hydrogens is 309 g/mol. The van der Waals surface area contributed by atoms with Crippen LogP contribution in [0.1, 0.15) is 31.6 Å². The molecule has 5 heteroatoms. The lowest BCUT2D eigenvalue weighted by Gasteiger charge is -2.06. The molecule has 1 aromatic heterocycles. The van der Waals surface area contributed by atoms with Crippen molar-refractivity contribution in [2.45, 2.75) is 32.2 Å². The van der Waals surface area contributed by atoms with E-state index in [2.05, 4.69) is 32.4 Å². The highest BCUT2D eigenvalue weighted by Crippen LogP contribution is 2.41. The third-order valence-electron chi connectivity index (χ3n) is 3.44. The summed E-state index contributed by atoms with van der Waals surface area (Å²) in [5, 5.41) is 0. The number of anilines is 1. The number of aryl methyl sites for hydroxylation is 1. The molecule has 0 atom stereocenters. The van der Waals surface area contributed by atoms with Gasteiger partial charge in [0.25, 0.3) is 0 Å². The summed E-state index contributed by atoms with van der Waals surface area (Å²) >= 11 is 3.20. The van der Waals surface area contributed by atoms with Gasteiger partial charge in [0.2, 0.25) is 0 Å². The van der Waals surface area contributed by atoms with E-state index in [0.29, 0.717) is 16.3 Å². The first-order chi connectivity index (χ1) is 9.11. The Morgan fingerprint density at radius 1 is 1.47 bits per heavy atom. The highest BCUT2D eigenvalue weighted by Gasteiger charge is 2.29. The standard InChI is InChI=1S/C14H15BrFN3/c1-2-12-18-13(14(17)19(12)9-4-5-9)8-3-6-11(16)10(15)7-8/h3,6-7,9H,2,4-5,17H2,1H3. The lowest BCUT2D eigenvalue weighted by Crippen LogP contribution is -2.04. The number of nitrogens with two attached hydrogens (primary N) is 1. The normalized spacial score (nSPS) is 14.9. The second-order valence-electron chi connectivity index (χ2n) is 4.85. The number of hydrogen-bond acceptors (Lipinski definition) is 2. The highest BCUT2D eigenvalue weighted by molar-refractivity contribution is 9.10. The van der Waals surface area contributed by atoms with Crippen LogP contribution in [0.3, 0.4) is 0 Å². The predicted octanol–water partition coefficient (Wildman–Crippen LogP) is 3.93. The van der Waals surface area contributed by atoms with E-state index in [9.17, 15) is 4.39 Å². The zero-order chi connectivity index (χ0) is 13.6. The van der Waals surface area contributed by atoms with Crippen molar-refractivity contribution in [3.05, 3.63) is 34.3 Å². The first-order valence-corrected chi connectivity index (χ1v) is 7.23. The Labute approximate surface area is 119 Å². The van der Waals surface area contributed by atoms with Gasteiger partial charge in [0.15, 0.2) is 0 Å². The molecule has 3 rings (SSSR count). The van der Waals surface area contributed by atoms with Gasteiger partial charge in [-0.1, -0.05) is 6.92 Å². The van der Waals surface area contributed by atoms with Gasteiger partial charge in [-0.25, -0.2) is 9.37 Å². The average Bonchev–Trinajstić information content (AvgIpc) is 3.17. The summed E-state index contributed by atoms with van der Waals surface area (Å²) in [5.41, 5.74) is 7.83. The van der Waals surface area contributed by atoms with E-state index < -0.39 is 0 Å². The molecule has 0 radical (unpaired) electrons. The van der Waals surface area contributed by atoms with Crippen molar-refractivity contribution in [2.75, 3.05) is 5.73 Å². The molecule has 0 spiro atoms. The smallest absolute Gasteiger partial charge is 0.137 e. The van der Waals surface area contributed by atoms with E-state index in [-0.39, 0.29) is 5.82 Å². The number of imidazole rings is 1. The molecule has 100 valence electrons. The lowest BCUT2D eigenvalue weighted by molar-refractivity contribution is 0.621. The Balaban J connectivity index is 2.11. The number of nitrogens with zero attached hydrogens (tertiary/aromatic N) is 2. The fourth-order valence-corrected chi connectivity index (χ4v) is 2.72. The van der Waals surface area contributed by atoms with E-state index >= 15 is 0 Å². The van der Waals surface area contributed by atoms with Crippen molar-refractivity contribution >= 4 is 21.7 Å². The zero-order valence-corrected chi connectivity index (χ0v) is 12.2. The monoisotopic (exact) mass is 323 g/mol. The van der Waals surface area contributed by atoms with Crippen LogP contribution in [0, 0.1) is 5.82 Å². The number of hydrogen-bond donors (Lipinski definition) is 1. The SMILES string of the molecule is CCc1nc(-c2ccc(F)c(Br)c2)c(N)n1C1CC1. The third kappa shape index (κ3) is 2.16. The first-order valence-electron chi connectivity index (χ1n) is 6.43. The largest absolute Gasteiger partial charge is 0.383 e. The number of halogens is 2. The summed E-state index contributed by atoms with van der Waals surface area (Å²) in [4.78, 5) is 4.63. The molecular formula is C14H15BrFN3. The van der Waals surface area contributed by atoms with E-state index in [1.165, 1.54) is 18.9 Å². The molecule has 1 aromatic carbocycles. The maximum Gasteiger partial charge on any atom is 0.137 e. The van der Waals surface area contributed by atoms with Crippen molar-refractivity contribution in [1.82, 2.24) is 9.55 Å². The van der Waals surface area contributed by atoms with Gasteiger partial charge in [0.1, 0.15) is 23.2 Å². The number of benzene rings is 1. The van der Waals surface area contributed by atoms with Crippen LogP contribution >= 0.6 is 15.9 Å². The van der Waals surface area contributed by atoms with Crippen molar-refractivity contribution in [2.24, 2.45) is 0 Å². The van der Waals surface area contributed by atoms with E-state index in [1.54, 1.807) is 12.1 Å². The van der Waals surface area contributed by atoms with E-state index in [1.807, 2.05) is 0 Å². The van der Waals surface area contributed by atoms with Gasteiger partial charge in [0.05, 0.1) is 4.47 Å². The summed E-state index contributed by atoms with van der Waals surface area (Å²) in [7, 11) is 0. The van der Waals surface area contributed by atoms with Crippen LogP contribution in [-0.2, 0) is 6.42 Å². The van der Waals surface area contributed by atoms with Gasteiger partial charge in [-0.3, -0.25) is 0 Å². The minimum Gasteiger partial charge on any atom is -0.383 e. The van der Waals surface area contributed by atoms with Gasteiger partial charge >= 0.3 is 0 Å². The average molecular weight is 324 g/mol. The van der Waals surface area contributed by atoms with Gasteiger partial charge in [-0.15, -0.1) is 0 Å². The first kappa shape index (κ1) is 12.7. The summed E-state index contributed by atoms with van der Waals surface area (Å²) < 4.78 is 15.9. The quantitative estimate of drug-likeness (QED) is 0.930. The Morgan fingerprint density at radius 2 is 2.21 bits per heavy atom. The molecule has 1 fully saturated rings. The van der Waals surface area contributed by atoms with Crippen molar-refractivity contribution in [1.29, 1.82) is 0 Å². The topological polar surface area (TPSA) is 43.8 Å².